The lowest BCUT2D eigenvalue weighted by atomic mass is 10.3. The fourth-order valence-electron chi connectivity index (χ4n) is 1.33. The van der Waals surface area contributed by atoms with Crippen molar-refractivity contribution in [2.24, 2.45) is 0 Å². The maximum absolute atomic E-state index is 11.3. The summed E-state index contributed by atoms with van der Waals surface area (Å²) in [6, 6.07) is 10.5. The molecule has 0 bridgehead atoms. The first-order valence-corrected chi connectivity index (χ1v) is 6.48. The molecule has 0 unspecified atom stereocenters. The highest BCUT2D eigenvalue weighted by molar-refractivity contribution is 7.90. The number of anilines is 1. The topological polar surface area (TPSA) is 78.0 Å². The van der Waals surface area contributed by atoms with Gasteiger partial charge in [0.25, 0.3) is 0 Å². The van der Waals surface area contributed by atoms with Crippen molar-refractivity contribution in [3.63, 3.8) is 0 Å². The second kappa shape index (κ2) is 3.64. The number of nitrogen functional groups attached to an aromatic ring is 1. The van der Waals surface area contributed by atoms with Gasteiger partial charge in [0.1, 0.15) is 5.82 Å². The predicted octanol–water partition coefficient (Wildman–Crippen LogP) is 0.858. The quantitative estimate of drug-likeness (QED) is 0.840. The fraction of sp³-hybridized carbons (Fsp3) is 0.100. The summed E-state index contributed by atoms with van der Waals surface area (Å²) in [5, 5.41) is 3.94. The van der Waals surface area contributed by atoms with Gasteiger partial charge in [-0.1, -0.05) is 18.2 Å². The first-order chi connectivity index (χ1) is 7.48. The number of nitrogens with two attached hydrogens (primary N) is 1. The van der Waals surface area contributed by atoms with E-state index < -0.39 is 9.84 Å². The van der Waals surface area contributed by atoms with Crippen molar-refractivity contribution < 1.29 is 8.42 Å². The first-order valence-electron chi connectivity index (χ1n) is 4.59. The largest absolute Gasteiger partial charge is 0.384 e. The van der Waals surface area contributed by atoms with Crippen LogP contribution in [0.4, 0.5) is 5.82 Å². The molecule has 0 aliphatic rings. The van der Waals surface area contributed by atoms with E-state index in [0.29, 0.717) is 5.82 Å². The van der Waals surface area contributed by atoms with Crippen LogP contribution in [0.1, 0.15) is 0 Å². The highest BCUT2D eigenvalue weighted by Gasteiger charge is 2.14. The molecule has 0 aliphatic heterocycles. The van der Waals surface area contributed by atoms with Gasteiger partial charge >= 0.3 is 0 Å². The van der Waals surface area contributed by atoms with Gasteiger partial charge in [0.2, 0.25) is 0 Å². The number of para-hydroxylation sites is 1. The Bertz CT molecular complexity index is 602. The van der Waals surface area contributed by atoms with Gasteiger partial charge < -0.3 is 5.73 Å². The summed E-state index contributed by atoms with van der Waals surface area (Å²) in [5.74, 6) is 0.298. The molecular weight excluding hydrogens is 226 g/mol. The summed E-state index contributed by atoms with van der Waals surface area (Å²) in [6.07, 6.45) is 1.10. The van der Waals surface area contributed by atoms with E-state index in [0.717, 1.165) is 11.9 Å². The van der Waals surface area contributed by atoms with Crippen LogP contribution in [-0.2, 0) is 9.84 Å². The molecule has 0 spiro atoms. The van der Waals surface area contributed by atoms with Crippen LogP contribution in [0.3, 0.4) is 0 Å². The van der Waals surface area contributed by atoms with Crippen LogP contribution in [0.2, 0.25) is 0 Å². The zero-order chi connectivity index (χ0) is 11.8. The molecule has 1 aromatic heterocycles. The molecule has 6 heteroatoms. The lowest BCUT2D eigenvalue weighted by Gasteiger charge is -2.02. The molecule has 0 radical (unpaired) electrons. The van der Waals surface area contributed by atoms with Crippen molar-refractivity contribution in [2.75, 3.05) is 12.0 Å². The standard InChI is InChI=1S/C10H11N3O2S/c1-16(14,15)10-7-9(11)13(12-10)8-5-3-2-4-6-8/h2-7H,11H2,1H3. The van der Waals surface area contributed by atoms with E-state index in [1.807, 2.05) is 18.2 Å². The van der Waals surface area contributed by atoms with Crippen LogP contribution in [-0.4, -0.2) is 24.5 Å². The first kappa shape index (κ1) is 10.7. The van der Waals surface area contributed by atoms with Gasteiger partial charge in [-0.3, -0.25) is 0 Å². The molecule has 0 aliphatic carbocycles. The van der Waals surface area contributed by atoms with E-state index in [1.165, 1.54) is 10.7 Å². The van der Waals surface area contributed by atoms with E-state index in [9.17, 15) is 8.42 Å². The minimum atomic E-state index is -3.32. The van der Waals surface area contributed by atoms with Crippen molar-refractivity contribution in [3.8, 4) is 5.69 Å². The number of nitrogens with zero attached hydrogens (tertiary/aromatic N) is 2. The van der Waals surface area contributed by atoms with Crippen LogP contribution in [0, 0.1) is 0 Å². The Hall–Kier alpha value is -1.82. The molecule has 16 heavy (non-hydrogen) atoms. The molecule has 0 fully saturated rings. The van der Waals surface area contributed by atoms with Gasteiger partial charge in [0, 0.05) is 12.3 Å². The second-order valence-corrected chi connectivity index (χ2v) is 5.39. The molecule has 5 nitrogen and oxygen atoms in total. The number of sulfone groups is 1. The Morgan fingerprint density at radius 1 is 1.25 bits per heavy atom. The predicted molar refractivity (Wildman–Crippen MR) is 61.1 cm³/mol. The molecule has 0 amide bonds. The number of benzene rings is 1. The van der Waals surface area contributed by atoms with Gasteiger partial charge in [-0.15, -0.1) is 0 Å². The van der Waals surface area contributed by atoms with Crippen LogP contribution in [0.25, 0.3) is 5.69 Å². The molecule has 0 saturated heterocycles. The average molecular weight is 237 g/mol. The Morgan fingerprint density at radius 2 is 1.88 bits per heavy atom. The van der Waals surface area contributed by atoms with Crippen molar-refractivity contribution in [1.29, 1.82) is 0 Å². The van der Waals surface area contributed by atoms with Gasteiger partial charge in [0.05, 0.1) is 5.69 Å². The van der Waals surface area contributed by atoms with E-state index in [1.54, 1.807) is 12.1 Å². The SMILES string of the molecule is CS(=O)(=O)c1cc(N)n(-c2ccccc2)n1. The summed E-state index contributed by atoms with van der Waals surface area (Å²) in [5.41, 5.74) is 6.44. The van der Waals surface area contributed by atoms with Crippen molar-refractivity contribution in [3.05, 3.63) is 36.4 Å². The minimum absolute atomic E-state index is 0.0196. The number of aromatic nitrogens is 2. The third-order valence-corrected chi connectivity index (χ3v) is 3.05. The van der Waals surface area contributed by atoms with Crippen LogP contribution in [0.5, 0.6) is 0 Å². The zero-order valence-corrected chi connectivity index (χ0v) is 9.48. The Labute approximate surface area is 93.4 Å². The normalized spacial score (nSPS) is 11.6. The summed E-state index contributed by atoms with van der Waals surface area (Å²) in [7, 11) is -3.32. The molecule has 2 N–H and O–H groups in total. The Kier molecular flexibility index (Phi) is 2.43. The molecule has 2 rings (SSSR count). The molecular formula is C10H11N3O2S. The molecule has 0 saturated carbocycles. The van der Waals surface area contributed by atoms with Crippen LogP contribution < -0.4 is 5.73 Å². The van der Waals surface area contributed by atoms with Crippen molar-refractivity contribution >= 4 is 15.7 Å². The van der Waals surface area contributed by atoms with E-state index in [4.69, 9.17) is 5.73 Å². The third-order valence-electron chi connectivity index (χ3n) is 2.10. The van der Waals surface area contributed by atoms with Crippen LogP contribution >= 0.6 is 0 Å². The lowest BCUT2D eigenvalue weighted by Crippen LogP contribution is -2.03. The van der Waals surface area contributed by atoms with Gasteiger partial charge in [-0.2, -0.15) is 5.10 Å². The number of hydrogen-bond donors (Lipinski definition) is 1. The summed E-state index contributed by atoms with van der Waals surface area (Å²) in [6.45, 7) is 0. The highest BCUT2D eigenvalue weighted by Crippen LogP contribution is 2.16. The Morgan fingerprint density at radius 3 is 2.38 bits per heavy atom. The smallest absolute Gasteiger partial charge is 0.194 e. The van der Waals surface area contributed by atoms with Crippen molar-refractivity contribution in [2.45, 2.75) is 5.03 Å². The zero-order valence-electron chi connectivity index (χ0n) is 8.66. The minimum Gasteiger partial charge on any atom is -0.384 e. The molecule has 1 heterocycles. The second-order valence-electron chi connectivity index (χ2n) is 3.43. The average Bonchev–Trinajstić information content (AvgIpc) is 2.61. The number of rotatable bonds is 2. The van der Waals surface area contributed by atoms with E-state index in [2.05, 4.69) is 5.10 Å². The van der Waals surface area contributed by atoms with Gasteiger partial charge in [-0.25, -0.2) is 13.1 Å². The summed E-state index contributed by atoms with van der Waals surface area (Å²) in [4.78, 5) is 0. The maximum atomic E-state index is 11.3. The lowest BCUT2D eigenvalue weighted by molar-refractivity contribution is 0.596. The molecule has 2 aromatic rings. The molecule has 1 aromatic carbocycles. The van der Waals surface area contributed by atoms with E-state index >= 15 is 0 Å². The fourth-order valence-corrected chi connectivity index (χ4v) is 1.89. The highest BCUT2D eigenvalue weighted by atomic mass is 32.2. The van der Waals surface area contributed by atoms with Gasteiger partial charge in [0.15, 0.2) is 14.9 Å². The van der Waals surface area contributed by atoms with Crippen LogP contribution in [0.15, 0.2) is 41.4 Å². The maximum Gasteiger partial charge on any atom is 0.194 e. The van der Waals surface area contributed by atoms with Gasteiger partial charge in [-0.05, 0) is 12.1 Å². The molecule has 84 valence electrons. The monoisotopic (exact) mass is 237 g/mol. The summed E-state index contributed by atoms with van der Waals surface area (Å²) >= 11 is 0. The number of hydrogen-bond acceptors (Lipinski definition) is 4. The van der Waals surface area contributed by atoms with E-state index in [-0.39, 0.29) is 5.03 Å². The molecule has 0 atom stereocenters. The third kappa shape index (κ3) is 1.92. The van der Waals surface area contributed by atoms with Crippen molar-refractivity contribution in [1.82, 2.24) is 9.78 Å². The summed E-state index contributed by atoms with van der Waals surface area (Å²) < 4.78 is 24.0. The Balaban J connectivity index is 2.57.